The fourth-order valence-electron chi connectivity index (χ4n) is 5.50. The Hall–Kier alpha value is -5.91. The van der Waals surface area contributed by atoms with Crippen LogP contribution in [0.2, 0.25) is 0 Å². The zero-order chi connectivity index (χ0) is 39.0. The van der Waals surface area contributed by atoms with E-state index in [1.54, 1.807) is 13.0 Å². The van der Waals surface area contributed by atoms with Crippen molar-refractivity contribution < 1.29 is 53.2 Å². The number of nitrogens with two attached hydrogens (primary N) is 1. The fourth-order valence-corrected chi connectivity index (χ4v) is 8.64. The van der Waals surface area contributed by atoms with Gasteiger partial charge < -0.3 is 36.1 Å². The molecule has 6 rings (SSSR count). The summed E-state index contributed by atoms with van der Waals surface area (Å²) >= 11 is 3.44. The number of carbonyl (C=O) groups is 7. The first kappa shape index (κ1) is 37.8. The van der Waals surface area contributed by atoms with Crippen LogP contribution < -0.4 is 31.4 Å². The van der Waals surface area contributed by atoms with Crippen molar-refractivity contribution in [2.75, 3.05) is 17.2 Å². The van der Waals surface area contributed by atoms with Crippen molar-refractivity contribution in [1.82, 2.24) is 36.1 Å². The molecular formula is C31H29N9O11S3. The maximum atomic E-state index is 13.8. The SMILES string of the molecule is CC(=O)Oc1ccc(C(=O)NC(C(=O)N[C@@H]2C(=O)N3C(C(=O)O)=C(CSC4=CC(C)=NC5=CN(C(=O)O)NN54)CS[C@H]23)c2csc(N)n2)cc1OC(C)=O. The lowest BCUT2D eigenvalue weighted by Gasteiger charge is -2.49. The molecule has 282 valence electrons. The van der Waals surface area contributed by atoms with Gasteiger partial charge in [0.25, 0.3) is 11.8 Å². The molecule has 1 unspecified atom stereocenters. The van der Waals surface area contributed by atoms with Crippen LogP contribution in [0.1, 0.15) is 42.9 Å². The summed E-state index contributed by atoms with van der Waals surface area (Å²) in [6.07, 6.45) is 1.73. The number of amides is 4. The van der Waals surface area contributed by atoms with E-state index >= 15 is 0 Å². The molecule has 3 atom stereocenters. The van der Waals surface area contributed by atoms with Gasteiger partial charge in [0.15, 0.2) is 28.5 Å². The summed E-state index contributed by atoms with van der Waals surface area (Å²) in [5.74, 6) is -4.88. The standard InChI is InChI=1S/C31H29N9O11S3/c1-12-6-21(40-20(33-12)8-38(37-40)31(48)49)52-9-16-10-53-28-23(27(45)39(28)24(16)29(46)47)36-26(44)22(17-11-54-30(32)34-17)35-25(43)15-4-5-18(50-13(2)41)19(7-15)51-14(3)42/h4-8,11,22-23,28,37H,9-10H2,1-3H3,(H2,32,34)(H,35,43)(H,36,44)(H,46,47)(H,48,49)/t22?,23-,28-/m1/s1. The summed E-state index contributed by atoms with van der Waals surface area (Å²) in [5, 5.41) is 28.3. The number of carboxylic acid groups (broad SMARTS) is 2. The van der Waals surface area contributed by atoms with E-state index in [-0.39, 0.29) is 45.1 Å². The third-order valence-corrected chi connectivity index (χ3v) is 10.9. The van der Waals surface area contributed by atoms with Gasteiger partial charge in [-0.1, -0.05) is 0 Å². The van der Waals surface area contributed by atoms with Crippen molar-refractivity contribution in [3.05, 3.63) is 69.2 Å². The zero-order valence-corrected chi connectivity index (χ0v) is 30.7. The minimum absolute atomic E-state index is 0.0553. The molecule has 23 heteroatoms. The van der Waals surface area contributed by atoms with Gasteiger partial charge in [-0.2, -0.15) is 5.01 Å². The summed E-state index contributed by atoms with van der Waals surface area (Å²) < 4.78 is 10.1. The molecule has 4 aliphatic rings. The maximum Gasteiger partial charge on any atom is 0.427 e. The van der Waals surface area contributed by atoms with E-state index in [1.807, 2.05) is 0 Å². The number of thioether (sulfide) groups is 2. The second-order valence-corrected chi connectivity index (χ2v) is 14.6. The molecular weight excluding hydrogens is 771 g/mol. The van der Waals surface area contributed by atoms with Crippen molar-refractivity contribution in [3.8, 4) is 11.5 Å². The zero-order valence-electron chi connectivity index (χ0n) is 28.2. The second-order valence-electron chi connectivity index (χ2n) is 11.6. The molecule has 54 heavy (non-hydrogen) atoms. The first-order valence-corrected chi connectivity index (χ1v) is 18.5. The number of nitrogens with zero attached hydrogens (tertiary/aromatic N) is 5. The minimum atomic E-state index is -1.47. The number of aromatic nitrogens is 1. The number of aliphatic carboxylic acids is 1. The number of anilines is 1. The van der Waals surface area contributed by atoms with Crippen LogP contribution in [0, 0.1) is 0 Å². The van der Waals surface area contributed by atoms with Crippen LogP contribution in [-0.2, 0) is 24.0 Å². The quantitative estimate of drug-likeness (QED) is 0.106. The normalized spacial score (nSPS) is 19.4. The number of benzene rings is 1. The molecule has 5 heterocycles. The second kappa shape index (κ2) is 15.2. The summed E-state index contributed by atoms with van der Waals surface area (Å²) in [7, 11) is 0. The van der Waals surface area contributed by atoms with E-state index < -0.39 is 59.2 Å². The van der Waals surface area contributed by atoms with Crippen molar-refractivity contribution >= 4 is 87.4 Å². The highest BCUT2D eigenvalue weighted by atomic mass is 32.2. The van der Waals surface area contributed by atoms with Gasteiger partial charge in [0, 0.05) is 42.0 Å². The van der Waals surface area contributed by atoms with E-state index in [1.165, 1.54) is 52.2 Å². The monoisotopic (exact) mass is 799 g/mol. The Morgan fingerprint density at radius 3 is 2.50 bits per heavy atom. The fraction of sp³-hybridized carbons (Fsp3) is 0.258. The van der Waals surface area contributed by atoms with Gasteiger partial charge >= 0.3 is 24.0 Å². The number of aliphatic imine (C=N–C) groups is 1. The van der Waals surface area contributed by atoms with E-state index in [0.717, 1.165) is 41.2 Å². The molecule has 0 spiro atoms. The summed E-state index contributed by atoms with van der Waals surface area (Å²) in [5.41, 5.74) is 9.22. The molecule has 1 saturated heterocycles. The number of thiazole rings is 1. The third-order valence-electron chi connectivity index (χ3n) is 7.76. The molecule has 0 radical (unpaired) electrons. The van der Waals surface area contributed by atoms with Crippen LogP contribution in [0.5, 0.6) is 11.5 Å². The predicted molar refractivity (Wildman–Crippen MR) is 192 cm³/mol. The number of nitrogens with one attached hydrogen (secondary N) is 3. The summed E-state index contributed by atoms with van der Waals surface area (Å²) in [6, 6.07) is 1.01. The van der Waals surface area contributed by atoms with E-state index in [2.05, 4.69) is 26.1 Å². The topological polar surface area (TPSA) is 275 Å². The van der Waals surface area contributed by atoms with Crippen molar-refractivity contribution in [2.45, 2.75) is 38.2 Å². The number of fused-ring (bicyclic) bond motifs is 2. The molecule has 4 aliphatic heterocycles. The predicted octanol–water partition coefficient (Wildman–Crippen LogP) is 1.35. The number of allylic oxidation sites excluding steroid dienone is 1. The largest absolute Gasteiger partial charge is 0.477 e. The average Bonchev–Trinajstić information content (AvgIpc) is 3.74. The van der Waals surface area contributed by atoms with E-state index in [0.29, 0.717) is 22.1 Å². The molecule has 1 aromatic heterocycles. The maximum absolute atomic E-state index is 13.8. The van der Waals surface area contributed by atoms with Crippen LogP contribution in [0.4, 0.5) is 9.93 Å². The number of rotatable bonds is 11. The smallest absolute Gasteiger partial charge is 0.427 e. The first-order valence-electron chi connectivity index (χ1n) is 15.5. The Morgan fingerprint density at radius 2 is 1.85 bits per heavy atom. The molecule has 0 aliphatic carbocycles. The summed E-state index contributed by atoms with van der Waals surface area (Å²) in [4.78, 5) is 97.4. The molecule has 1 fully saturated rings. The van der Waals surface area contributed by atoms with Crippen molar-refractivity contribution in [1.29, 1.82) is 0 Å². The highest BCUT2D eigenvalue weighted by molar-refractivity contribution is 8.03. The molecule has 1 aromatic carbocycles. The Labute approximate surface area is 317 Å². The van der Waals surface area contributed by atoms with Gasteiger partial charge in [0.05, 0.1) is 16.9 Å². The van der Waals surface area contributed by atoms with Crippen molar-refractivity contribution in [2.24, 2.45) is 4.99 Å². The van der Waals surface area contributed by atoms with Crippen molar-refractivity contribution in [3.63, 3.8) is 0 Å². The highest BCUT2D eigenvalue weighted by Crippen LogP contribution is 2.42. The molecule has 7 N–H and O–H groups in total. The molecule has 0 saturated carbocycles. The lowest BCUT2D eigenvalue weighted by molar-refractivity contribution is -0.151. The minimum Gasteiger partial charge on any atom is -0.477 e. The van der Waals surface area contributed by atoms with Crippen LogP contribution in [-0.4, -0.2) is 100 Å². The van der Waals surface area contributed by atoms with E-state index in [9.17, 15) is 43.8 Å². The highest BCUT2D eigenvalue weighted by Gasteiger charge is 2.54. The Kier molecular flexibility index (Phi) is 10.7. The number of nitrogen functional groups attached to an aromatic ring is 1. The lowest BCUT2D eigenvalue weighted by atomic mass is 10.0. The lowest BCUT2D eigenvalue weighted by Crippen LogP contribution is -2.71. The number of carbonyl (C=O) groups excluding carboxylic acids is 5. The Morgan fingerprint density at radius 1 is 1.13 bits per heavy atom. The molecule has 2 aromatic rings. The van der Waals surface area contributed by atoms with Crippen LogP contribution in [0.25, 0.3) is 0 Å². The molecule has 0 bridgehead atoms. The number of ether oxygens (including phenoxy) is 2. The number of hydrogen-bond donors (Lipinski definition) is 6. The van der Waals surface area contributed by atoms with Crippen LogP contribution >= 0.6 is 34.9 Å². The summed E-state index contributed by atoms with van der Waals surface area (Å²) in [6.45, 7) is 3.98. The molecule has 20 nitrogen and oxygen atoms in total. The third kappa shape index (κ3) is 7.73. The van der Waals surface area contributed by atoms with Gasteiger partial charge in [-0.05, 0) is 36.8 Å². The average molecular weight is 800 g/mol. The number of carboxylic acids is 1. The van der Waals surface area contributed by atoms with Gasteiger partial charge in [-0.3, -0.25) is 28.9 Å². The number of hydrogen-bond acceptors (Lipinski definition) is 17. The van der Waals surface area contributed by atoms with Gasteiger partial charge in [-0.15, -0.1) is 40.4 Å². The van der Waals surface area contributed by atoms with Gasteiger partial charge in [-0.25, -0.2) is 24.6 Å². The van der Waals surface area contributed by atoms with Gasteiger partial charge in [0.2, 0.25) is 5.91 Å². The molecule has 4 amide bonds. The van der Waals surface area contributed by atoms with Crippen LogP contribution in [0.15, 0.2) is 63.0 Å². The number of esters is 2. The first-order chi connectivity index (χ1) is 25.6. The van der Waals surface area contributed by atoms with Crippen LogP contribution in [0.3, 0.4) is 0 Å². The number of β-lactam (4-membered cyclic amide) rings is 1. The van der Waals surface area contributed by atoms with E-state index in [4.69, 9.17) is 15.2 Å². The Bertz CT molecular complexity index is 2130. The van der Waals surface area contributed by atoms with Gasteiger partial charge in [0.1, 0.15) is 17.1 Å². The number of hydrazine groups is 2. The Balaban J connectivity index is 1.17.